The fraction of sp³-hybridized carbons (Fsp3) is 0.797. The predicted octanol–water partition coefficient (Wildman–Crippen LogP) is 22.7. The summed E-state index contributed by atoms with van der Waals surface area (Å²) in [7, 11) is 1.57. The second kappa shape index (κ2) is 64.2. The lowest BCUT2D eigenvalue weighted by molar-refractivity contribution is -0.870. The lowest BCUT2D eigenvalue weighted by Crippen LogP contribution is -2.45. The van der Waals surface area contributed by atoms with Gasteiger partial charge in [0.05, 0.1) is 39.9 Å². The summed E-state index contributed by atoms with van der Waals surface area (Å²) in [6, 6.07) is -0.856. The van der Waals surface area contributed by atoms with Gasteiger partial charge in [0.1, 0.15) is 13.2 Å². The molecule has 0 saturated heterocycles. The fourth-order valence-electron chi connectivity index (χ4n) is 10.4. The number of amides is 1. The molecule has 0 aromatic carbocycles. The van der Waals surface area contributed by atoms with Gasteiger partial charge in [0.15, 0.2) is 0 Å². The number of quaternary nitrogens is 1. The van der Waals surface area contributed by atoms with Crippen LogP contribution < -0.4 is 5.32 Å². The van der Waals surface area contributed by atoms with Gasteiger partial charge < -0.3 is 19.8 Å². The number of rotatable bonds is 65. The molecule has 0 fully saturated rings. The topological polar surface area (TPSA) is 105 Å². The second-order valence-electron chi connectivity index (χ2n) is 25.2. The molecule has 0 aliphatic carbocycles. The maximum absolute atomic E-state index is 13.1. The minimum atomic E-state index is -4.36. The number of allylic oxidation sites excluding steroid dienone is 13. The van der Waals surface area contributed by atoms with E-state index in [1.165, 1.54) is 225 Å². The molecule has 3 atom stereocenters. The molecule has 0 aliphatic heterocycles. The van der Waals surface area contributed by atoms with Crippen molar-refractivity contribution in [3.05, 3.63) is 85.1 Å². The fourth-order valence-corrected chi connectivity index (χ4v) is 11.1. The van der Waals surface area contributed by atoms with E-state index in [9.17, 15) is 19.4 Å². The zero-order valence-corrected chi connectivity index (χ0v) is 56.3. The zero-order valence-electron chi connectivity index (χ0n) is 55.4. The van der Waals surface area contributed by atoms with Crippen LogP contribution in [0.15, 0.2) is 85.1 Å². The van der Waals surface area contributed by atoms with E-state index < -0.39 is 20.0 Å². The largest absolute Gasteiger partial charge is 0.472 e. The smallest absolute Gasteiger partial charge is 0.387 e. The molecule has 9 heteroatoms. The molecule has 3 N–H and O–H groups in total. The van der Waals surface area contributed by atoms with Crippen molar-refractivity contribution < 1.29 is 32.9 Å². The molecule has 1 amide bonds. The number of aliphatic hydroxyl groups is 1. The van der Waals surface area contributed by atoms with Gasteiger partial charge in [0.25, 0.3) is 0 Å². The van der Waals surface area contributed by atoms with Crippen molar-refractivity contribution in [3.63, 3.8) is 0 Å². The van der Waals surface area contributed by atoms with Crippen LogP contribution in [0.3, 0.4) is 0 Å². The number of unbranched alkanes of at least 4 members (excludes halogenated alkanes) is 40. The molecule has 83 heavy (non-hydrogen) atoms. The first-order valence-corrected chi connectivity index (χ1v) is 37.0. The number of nitrogens with zero attached hydrogens (tertiary/aromatic N) is 1. The highest BCUT2D eigenvalue weighted by Gasteiger charge is 2.28. The highest BCUT2D eigenvalue weighted by Crippen LogP contribution is 2.43. The highest BCUT2D eigenvalue weighted by molar-refractivity contribution is 7.47. The van der Waals surface area contributed by atoms with Gasteiger partial charge in [-0.2, -0.15) is 0 Å². The summed E-state index contributed by atoms with van der Waals surface area (Å²) in [5.74, 6) is -0.181. The van der Waals surface area contributed by atoms with E-state index in [0.29, 0.717) is 17.4 Å². The maximum atomic E-state index is 13.1. The molecule has 0 saturated carbocycles. The molecular formula is C74H138N2O6P+. The normalized spacial score (nSPS) is 14.2. The van der Waals surface area contributed by atoms with Gasteiger partial charge in [0.2, 0.25) is 5.91 Å². The third-order valence-corrected chi connectivity index (χ3v) is 16.9. The summed E-state index contributed by atoms with van der Waals surface area (Å²) >= 11 is 0. The van der Waals surface area contributed by atoms with Crippen LogP contribution in [0.5, 0.6) is 0 Å². The predicted molar refractivity (Wildman–Crippen MR) is 364 cm³/mol. The number of nitrogens with one attached hydrogen (secondary N) is 1. The Morgan fingerprint density at radius 1 is 0.422 bits per heavy atom. The van der Waals surface area contributed by atoms with Crippen molar-refractivity contribution >= 4 is 13.7 Å². The highest BCUT2D eigenvalue weighted by atomic mass is 31.2. The van der Waals surface area contributed by atoms with Crippen LogP contribution in [0.25, 0.3) is 0 Å². The van der Waals surface area contributed by atoms with Crippen LogP contribution in [0.4, 0.5) is 0 Å². The van der Waals surface area contributed by atoms with Crippen LogP contribution >= 0.6 is 7.82 Å². The monoisotopic (exact) mass is 1180 g/mol. The first kappa shape index (κ1) is 80.7. The number of phosphoric ester groups is 1. The van der Waals surface area contributed by atoms with Gasteiger partial charge in [-0.15, -0.1) is 0 Å². The van der Waals surface area contributed by atoms with Gasteiger partial charge >= 0.3 is 7.82 Å². The first-order valence-electron chi connectivity index (χ1n) is 35.5. The summed E-state index contributed by atoms with van der Waals surface area (Å²) in [5, 5.41) is 14.0. The molecule has 0 aliphatic rings. The van der Waals surface area contributed by atoms with Crippen molar-refractivity contribution in [3.8, 4) is 0 Å². The standard InChI is InChI=1S/C74H137N2O6P/c1-6-8-10-12-14-16-18-20-22-24-26-28-30-32-34-36-37-38-40-41-43-45-47-49-51-53-55-57-59-61-63-65-67-73(77)72(71-82-83(79,80)81-70-69-76(3,4)5)75-74(78)68-66-64-62-60-58-56-54-52-50-48-46-44-42-39-35-33-31-29-27-25-23-21-19-17-15-13-11-9-7-2/h9,11,15,17,21,23,27,29,33,35,42,44,65,67,72-73,77H,6-8,10,12-14,16,18-20,22,24-26,28,30-32,34,36-41,43,45-64,66,68-71H2,1-5H3,(H-,75,78,79,80)/p+1/b11-9-,17-15-,23-21-,29-27-,35-33-,44-42-,67-65+. The molecule has 484 valence electrons. The van der Waals surface area contributed by atoms with Gasteiger partial charge in [-0.25, -0.2) is 4.57 Å². The van der Waals surface area contributed by atoms with Gasteiger partial charge in [-0.1, -0.05) is 336 Å². The van der Waals surface area contributed by atoms with E-state index in [4.69, 9.17) is 9.05 Å². The number of carbonyl (C=O) groups excluding carboxylic acids is 1. The average Bonchev–Trinajstić information content (AvgIpc) is 3.50. The molecule has 0 heterocycles. The van der Waals surface area contributed by atoms with Crippen molar-refractivity contribution in [1.82, 2.24) is 5.32 Å². The number of carbonyl (C=O) groups is 1. The minimum Gasteiger partial charge on any atom is -0.387 e. The number of hydrogen-bond acceptors (Lipinski definition) is 5. The molecule has 0 rings (SSSR count). The van der Waals surface area contributed by atoms with E-state index >= 15 is 0 Å². The number of likely N-dealkylation sites (N-methyl/N-ethyl adjacent to an activating group) is 1. The van der Waals surface area contributed by atoms with Crippen LogP contribution in [0, 0.1) is 0 Å². The van der Waals surface area contributed by atoms with Crippen molar-refractivity contribution in [2.24, 2.45) is 0 Å². The molecule has 8 nitrogen and oxygen atoms in total. The molecule has 0 bridgehead atoms. The maximum Gasteiger partial charge on any atom is 0.472 e. The van der Waals surface area contributed by atoms with Crippen molar-refractivity contribution in [2.75, 3.05) is 40.9 Å². The van der Waals surface area contributed by atoms with Crippen molar-refractivity contribution in [1.29, 1.82) is 0 Å². The lowest BCUT2D eigenvalue weighted by Gasteiger charge is -2.25. The summed E-state index contributed by atoms with van der Waals surface area (Å²) in [6.07, 6.45) is 91.6. The molecule has 3 unspecified atom stereocenters. The molecular weight excluding hydrogens is 1040 g/mol. The number of phosphoric acid groups is 1. The molecule has 0 spiro atoms. The summed E-state index contributed by atoms with van der Waals surface area (Å²) in [6.45, 7) is 4.73. The van der Waals surface area contributed by atoms with Crippen molar-refractivity contribution in [2.45, 2.75) is 341 Å². The van der Waals surface area contributed by atoms with E-state index in [-0.39, 0.29) is 19.1 Å². The second-order valence-corrected chi connectivity index (χ2v) is 26.7. The Hall–Kier alpha value is -2.32. The van der Waals surface area contributed by atoms with Gasteiger partial charge in [-0.3, -0.25) is 13.8 Å². The van der Waals surface area contributed by atoms with E-state index in [1.807, 2.05) is 27.2 Å². The Labute approximate surface area is 516 Å². The lowest BCUT2D eigenvalue weighted by atomic mass is 10.0. The Bertz CT molecular complexity index is 1630. The average molecular weight is 1180 g/mol. The Morgan fingerprint density at radius 2 is 0.723 bits per heavy atom. The number of aliphatic hydroxyl groups excluding tert-OH is 1. The molecule has 0 radical (unpaired) electrons. The van der Waals surface area contributed by atoms with E-state index in [1.54, 1.807) is 6.08 Å². The van der Waals surface area contributed by atoms with Crippen LogP contribution in [-0.2, 0) is 18.4 Å². The van der Waals surface area contributed by atoms with Crippen LogP contribution in [-0.4, -0.2) is 73.4 Å². The first-order chi connectivity index (χ1) is 40.5. The summed E-state index contributed by atoms with van der Waals surface area (Å²) in [4.78, 5) is 23.4. The van der Waals surface area contributed by atoms with Gasteiger partial charge in [0, 0.05) is 6.42 Å². The SMILES string of the molecule is CC/C=C\C/C=C\C/C=C\C/C=C\C/C=C\C/C=C\CCCCCCCCCCCCC(=O)NC(COP(=O)(O)OCC[N+](C)(C)C)C(O)/C=C/CCCCCCCCCCCCCCCCCCCCCCCCCCCCCCCC. The Morgan fingerprint density at radius 3 is 1.06 bits per heavy atom. The molecule has 0 aromatic rings. The van der Waals surface area contributed by atoms with E-state index in [2.05, 4.69) is 92.1 Å². The summed E-state index contributed by atoms with van der Waals surface area (Å²) in [5.41, 5.74) is 0. The minimum absolute atomic E-state index is 0.0577. The van der Waals surface area contributed by atoms with Crippen LogP contribution in [0.1, 0.15) is 328 Å². The van der Waals surface area contributed by atoms with Gasteiger partial charge in [-0.05, 0) is 70.6 Å². The van der Waals surface area contributed by atoms with Crippen LogP contribution in [0.2, 0.25) is 0 Å². The Kier molecular flexibility index (Phi) is 62.4. The third kappa shape index (κ3) is 67.1. The number of hydrogen-bond donors (Lipinski definition) is 3. The zero-order chi connectivity index (χ0) is 60.5. The van der Waals surface area contributed by atoms with E-state index in [0.717, 1.165) is 83.5 Å². The quantitative estimate of drug-likeness (QED) is 0.0243. The third-order valence-electron chi connectivity index (χ3n) is 15.9. The Balaban J connectivity index is 4.09. The summed E-state index contributed by atoms with van der Waals surface area (Å²) < 4.78 is 23.8. The molecule has 0 aromatic heterocycles.